The number of halogens is 4. The third-order valence-corrected chi connectivity index (χ3v) is 5.12. The van der Waals surface area contributed by atoms with Crippen LogP contribution >= 0.6 is 0 Å². The molecule has 12 heteroatoms. The van der Waals surface area contributed by atoms with Crippen molar-refractivity contribution in [3.63, 3.8) is 0 Å². The molecule has 3 rings (SSSR count). The Labute approximate surface area is 211 Å². The molecule has 198 valence electrons. The first-order chi connectivity index (χ1) is 17.7. The Kier molecular flexibility index (Phi) is 9.61. The van der Waals surface area contributed by atoms with Crippen LogP contribution in [0, 0.1) is 5.82 Å². The molecule has 0 fully saturated rings. The quantitative estimate of drug-likeness (QED) is 0.141. The molecule has 0 aliphatic heterocycles. The summed E-state index contributed by atoms with van der Waals surface area (Å²) >= 11 is 0. The zero-order chi connectivity index (χ0) is 26.8. The summed E-state index contributed by atoms with van der Waals surface area (Å²) in [6.45, 7) is 5.05. The molecule has 0 spiro atoms. The van der Waals surface area contributed by atoms with Gasteiger partial charge in [0.05, 0.1) is 18.4 Å². The molecule has 0 aliphatic rings. The SMILES string of the molecule is CCCc1cc(Nc2cccc(C(F)(F)F)c2)ccc1C(=O)NNc1ncc(F)c(NCCOCC)n1. The van der Waals surface area contributed by atoms with Crippen LogP contribution in [-0.2, 0) is 17.3 Å². The summed E-state index contributed by atoms with van der Waals surface area (Å²) in [5.41, 5.74) is 6.18. The normalized spacial score (nSPS) is 11.2. The van der Waals surface area contributed by atoms with Crippen molar-refractivity contribution in [2.45, 2.75) is 32.9 Å². The summed E-state index contributed by atoms with van der Waals surface area (Å²) in [5, 5.41) is 5.75. The van der Waals surface area contributed by atoms with Crippen molar-refractivity contribution >= 4 is 29.0 Å². The number of hydrogen-bond donors (Lipinski definition) is 4. The van der Waals surface area contributed by atoms with Crippen LogP contribution in [0.5, 0.6) is 0 Å². The molecular formula is C25H28F4N6O2. The molecule has 3 aromatic rings. The first kappa shape index (κ1) is 27.7. The Morgan fingerprint density at radius 2 is 1.86 bits per heavy atom. The highest BCUT2D eigenvalue weighted by atomic mass is 19.4. The van der Waals surface area contributed by atoms with Crippen molar-refractivity contribution in [2.75, 3.05) is 35.8 Å². The zero-order valence-electron chi connectivity index (χ0n) is 20.4. The van der Waals surface area contributed by atoms with Crippen LogP contribution in [0.3, 0.4) is 0 Å². The Morgan fingerprint density at radius 1 is 1.08 bits per heavy atom. The Balaban J connectivity index is 1.69. The van der Waals surface area contributed by atoms with Crippen LogP contribution < -0.4 is 21.5 Å². The smallest absolute Gasteiger partial charge is 0.380 e. The maximum Gasteiger partial charge on any atom is 0.416 e. The minimum Gasteiger partial charge on any atom is -0.380 e. The predicted octanol–water partition coefficient (Wildman–Crippen LogP) is 5.54. The van der Waals surface area contributed by atoms with Crippen LogP contribution in [-0.4, -0.2) is 35.6 Å². The number of aryl methyl sites for hydroxylation is 1. The summed E-state index contributed by atoms with van der Waals surface area (Å²) < 4.78 is 58.2. The van der Waals surface area contributed by atoms with E-state index in [1.807, 2.05) is 13.8 Å². The largest absolute Gasteiger partial charge is 0.416 e. The molecule has 0 aliphatic carbocycles. The molecule has 1 aromatic heterocycles. The number of amides is 1. The van der Waals surface area contributed by atoms with Gasteiger partial charge in [0.15, 0.2) is 11.6 Å². The van der Waals surface area contributed by atoms with Gasteiger partial charge in [0.25, 0.3) is 5.91 Å². The predicted molar refractivity (Wildman–Crippen MR) is 133 cm³/mol. The summed E-state index contributed by atoms with van der Waals surface area (Å²) in [7, 11) is 0. The molecule has 2 aromatic carbocycles. The van der Waals surface area contributed by atoms with Gasteiger partial charge in [0.1, 0.15) is 0 Å². The zero-order valence-corrected chi connectivity index (χ0v) is 20.4. The van der Waals surface area contributed by atoms with Crippen molar-refractivity contribution in [3.05, 3.63) is 71.2 Å². The van der Waals surface area contributed by atoms with Crippen molar-refractivity contribution < 1.29 is 27.1 Å². The highest BCUT2D eigenvalue weighted by Crippen LogP contribution is 2.31. The fourth-order valence-electron chi connectivity index (χ4n) is 3.43. The Bertz CT molecular complexity index is 1210. The van der Waals surface area contributed by atoms with Crippen LogP contribution in [0.15, 0.2) is 48.7 Å². The Hall–Kier alpha value is -3.93. The van der Waals surface area contributed by atoms with E-state index < -0.39 is 23.5 Å². The number of hydrogen-bond acceptors (Lipinski definition) is 7. The number of nitrogens with one attached hydrogen (secondary N) is 4. The molecule has 0 bridgehead atoms. The molecular weight excluding hydrogens is 492 g/mol. The lowest BCUT2D eigenvalue weighted by atomic mass is 10.0. The van der Waals surface area contributed by atoms with E-state index in [-0.39, 0.29) is 17.5 Å². The number of carbonyl (C=O) groups is 1. The van der Waals surface area contributed by atoms with Crippen molar-refractivity contribution in [2.24, 2.45) is 0 Å². The fraction of sp³-hybridized carbons (Fsp3) is 0.320. The third kappa shape index (κ3) is 8.04. The first-order valence-corrected chi connectivity index (χ1v) is 11.7. The van der Waals surface area contributed by atoms with Gasteiger partial charge in [-0.1, -0.05) is 19.4 Å². The molecule has 1 amide bonds. The van der Waals surface area contributed by atoms with Gasteiger partial charge in [-0.2, -0.15) is 18.2 Å². The van der Waals surface area contributed by atoms with Gasteiger partial charge >= 0.3 is 6.18 Å². The van der Waals surface area contributed by atoms with E-state index in [1.54, 1.807) is 18.2 Å². The second kappa shape index (κ2) is 12.9. The minimum atomic E-state index is -4.45. The molecule has 0 radical (unpaired) electrons. The fourth-order valence-corrected chi connectivity index (χ4v) is 3.43. The lowest BCUT2D eigenvalue weighted by molar-refractivity contribution is -0.137. The van der Waals surface area contributed by atoms with Gasteiger partial charge in [0, 0.05) is 30.1 Å². The standard InChI is InChI=1S/C25H28F4N6O2/c1-3-6-16-13-19(32-18-8-5-7-17(14-18)25(27,28)29)9-10-20(16)23(36)34-35-24-31-15-21(26)22(33-24)30-11-12-37-4-2/h5,7-10,13-15,32H,3-4,6,11-12H2,1-2H3,(H,34,36)(H2,30,31,33,35). The number of aromatic nitrogens is 2. The van der Waals surface area contributed by atoms with Crippen LogP contribution in [0.25, 0.3) is 0 Å². The van der Waals surface area contributed by atoms with Gasteiger partial charge in [-0.25, -0.2) is 9.37 Å². The average molecular weight is 521 g/mol. The minimum absolute atomic E-state index is 0.0199. The number of nitrogens with zero attached hydrogens (tertiary/aromatic N) is 2. The highest BCUT2D eigenvalue weighted by molar-refractivity contribution is 5.96. The Morgan fingerprint density at radius 3 is 2.59 bits per heavy atom. The second-order valence-electron chi connectivity index (χ2n) is 7.92. The molecule has 4 N–H and O–H groups in total. The van der Waals surface area contributed by atoms with Gasteiger partial charge in [-0.3, -0.25) is 15.6 Å². The topological polar surface area (TPSA) is 100 Å². The number of ether oxygens (including phenoxy) is 1. The van der Waals surface area contributed by atoms with Gasteiger partial charge < -0.3 is 15.4 Å². The maximum absolute atomic E-state index is 13.9. The van der Waals surface area contributed by atoms with Crippen LogP contribution in [0.1, 0.15) is 41.8 Å². The molecule has 1 heterocycles. The third-order valence-electron chi connectivity index (χ3n) is 5.12. The first-order valence-electron chi connectivity index (χ1n) is 11.7. The number of hydrazine groups is 1. The number of anilines is 4. The maximum atomic E-state index is 13.9. The average Bonchev–Trinajstić information content (AvgIpc) is 2.86. The molecule has 0 saturated carbocycles. The van der Waals surface area contributed by atoms with Crippen molar-refractivity contribution in [1.29, 1.82) is 0 Å². The van der Waals surface area contributed by atoms with Crippen molar-refractivity contribution in [3.8, 4) is 0 Å². The van der Waals surface area contributed by atoms with Crippen molar-refractivity contribution in [1.82, 2.24) is 15.4 Å². The monoisotopic (exact) mass is 520 g/mol. The molecule has 0 unspecified atom stereocenters. The summed E-state index contributed by atoms with van der Waals surface area (Å²) in [5.74, 6) is -1.19. The van der Waals surface area contributed by atoms with E-state index in [9.17, 15) is 22.4 Å². The van der Waals surface area contributed by atoms with Crippen LogP contribution in [0.4, 0.5) is 40.7 Å². The van der Waals surface area contributed by atoms with Gasteiger partial charge in [-0.05, 0) is 55.3 Å². The van der Waals surface area contributed by atoms with E-state index in [2.05, 4.69) is 31.5 Å². The molecule has 37 heavy (non-hydrogen) atoms. The molecule has 0 saturated heterocycles. The number of carbonyl (C=O) groups excluding carboxylic acids is 1. The molecule has 0 atom stereocenters. The molecule has 8 nitrogen and oxygen atoms in total. The highest BCUT2D eigenvalue weighted by Gasteiger charge is 2.30. The number of benzene rings is 2. The lowest BCUT2D eigenvalue weighted by Crippen LogP contribution is -2.31. The van der Waals surface area contributed by atoms with Gasteiger partial charge in [-0.15, -0.1) is 0 Å². The second-order valence-corrected chi connectivity index (χ2v) is 7.92. The van der Waals surface area contributed by atoms with E-state index >= 15 is 0 Å². The van der Waals surface area contributed by atoms with E-state index in [1.165, 1.54) is 12.1 Å². The lowest BCUT2D eigenvalue weighted by Gasteiger charge is -2.15. The van der Waals surface area contributed by atoms with Gasteiger partial charge in [0.2, 0.25) is 5.95 Å². The van der Waals surface area contributed by atoms with Crippen LogP contribution in [0.2, 0.25) is 0 Å². The summed E-state index contributed by atoms with van der Waals surface area (Å²) in [6.07, 6.45) is -2.18. The van der Waals surface area contributed by atoms with E-state index in [0.29, 0.717) is 43.0 Å². The number of rotatable bonds is 12. The summed E-state index contributed by atoms with van der Waals surface area (Å²) in [4.78, 5) is 20.7. The van der Waals surface area contributed by atoms with E-state index in [4.69, 9.17) is 4.74 Å². The number of alkyl halides is 3. The summed E-state index contributed by atoms with van der Waals surface area (Å²) in [6, 6.07) is 9.76. The van der Waals surface area contributed by atoms with E-state index in [0.717, 1.165) is 24.8 Å².